The maximum atomic E-state index is 13.0. The first-order chi connectivity index (χ1) is 15.5. The van der Waals surface area contributed by atoms with Crippen LogP contribution in [0, 0.1) is 0 Å². The maximum absolute atomic E-state index is 13.0. The summed E-state index contributed by atoms with van der Waals surface area (Å²) in [6, 6.07) is 22.3. The minimum absolute atomic E-state index is 0.140. The molecule has 1 N–H and O–H groups in total. The van der Waals surface area contributed by atoms with Crippen LogP contribution in [0.5, 0.6) is 11.5 Å². The van der Waals surface area contributed by atoms with Gasteiger partial charge in [-0.15, -0.1) is 0 Å². The molecule has 3 aromatic rings. The zero-order valence-electron chi connectivity index (χ0n) is 17.3. The number of carbonyl (C=O) groups excluding carboxylic acids is 3. The zero-order valence-corrected chi connectivity index (χ0v) is 17.3. The minimum atomic E-state index is -0.801. The number of methoxy groups -OCH3 is 1. The van der Waals surface area contributed by atoms with E-state index in [2.05, 4.69) is 5.32 Å². The number of carbonyl (C=O) groups is 3. The Hall–Kier alpha value is -4.39. The van der Waals surface area contributed by atoms with Crippen LogP contribution in [-0.4, -0.2) is 25.0 Å². The van der Waals surface area contributed by atoms with Crippen LogP contribution in [0.25, 0.3) is 6.08 Å². The Balaban J connectivity index is 1.52. The number of nitrogens with zero attached hydrogens (tertiary/aromatic N) is 1. The predicted octanol–water partition coefficient (Wildman–Crippen LogP) is 3.94. The van der Waals surface area contributed by atoms with Crippen molar-refractivity contribution in [2.24, 2.45) is 0 Å². The number of hydrogen-bond donors (Lipinski definition) is 1. The molecule has 0 bridgehead atoms. The van der Waals surface area contributed by atoms with E-state index in [0.717, 1.165) is 10.5 Å². The van der Waals surface area contributed by atoms with Gasteiger partial charge in [0, 0.05) is 0 Å². The molecule has 0 aliphatic carbocycles. The van der Waals surface area contributed by atoms with Crippen molar-refractivity contribution in [1.82, 2.24) is 5.32 Å². The molecule has 160 valence electrons. The summed E-state index contributed by atoms with van der Waals surface area (Å²) in [5, 5.41) is 2.22. The Morgan fingerprint density at radius 1 is 0.844 bits per heavy atom. The van der Waals surface area contributed by atoms with Gasteiger partial charge in [-0.05, 0) is 53.6 Å². The Morgan fingerprint density at radius 2 is 1.50 bits per heavy atom. The van der Waals surface area contributed by atoms with Crippen LogP contribution in [0.4, 0.5) is 10.5 Å². The van der Waals surface area contributed by atoms with Gasteiger partial charge in [0.05, 0.1) is 12.8 Å². The van der Waals surface area contributed by atoms with Crippen molar-refractivity contribution in [3.05, 3.63) is 95.6 Å². The minimum Gasteiger partial charge on any atom is -0.497 e. The van der Waals surface area contributed by atoms with E-state index in [9.17, 15) is 14.4 Å². The lowest BCUT2D eigenvalue weighted by Gasteiger charge is -2.26. The number of anilines is 1. The normalized spacial score (nSPS) is 15.0. The number of amides is 4. The highest BCUT2D eigenvalue weighted by atomic mass is 16.5. The van der Waals surface area contributed by atoms with Crippen molar-refractivity contribution in [2.45, 2.75) is 6.61 Å². The van der Waals surface area contributed by atoms with Gasteiger partial charge in [0.1, 0.15) is 23.7 Å². The molecule has 0 saturated carbocycles. The van der Waals surface area contributed by atoms with Crippen molar-refractivity contribution in [3.63, 3.8) is 0 Å². The Morgan fingerprint density at radius 3 is 2.16 bits per heavy atom. The molecule has 32 heavy (non-hydrogen) atoms. The Kier molecular flexibility index (Phi) is 5.98. The maximum Gasteiger partial charge on any atom is 0.335 e. The number of benzene rings is 3. The topological polar surface area (TPSA) is 84.9 Å². The molecule has 4 amide bonds. The van der Waals surface area contributed by atoms with E-state index in [1.54, 1.807) is 55.6 Å². The third kappa shape index (κ3) is 4.52. The molecular weight excluding hydrogens is 408 g/mol. The van der Waals surface area contributed by atoms with Crippen LogP contribution in [0.15, 0.2) is 84.4 Å². The van der Waals surface area contributed by atoms with Crippen LogP contribution in [0.3, 0.4) is 0 Å². The zero-order chi connectivity index (χ0) is 22.5. The molecule has 3 aromatic carbocycles. The van der Waals surface area contributed by atoms with Gasteiger partial charge in [0.2, 0.25) is 0 Å². The van der Waals surface area contributed by atoms with Gasteiger partial charge >= 0.3 is 6.03 Å². The highest BCUT2D eigenvalue weighted by molar-refractivity contribution is 6.39. The molecule has 1 aliphatic rings. The van der Waals surface area contributed by atoms with Gasteiger partial charge in [-0.2, -0.15) is 0 Å². The van der Waals surface area contributed by atoms with Crippen LogP contribution in [0.1, 0.15) is 11.1 Å². The molecule has 1 heterocycles. The van der Waals surface area contributed by atoms with Crippen LogP contribution in [0.2, 0.25) is 0 Å². The first-order valence-electron chi connectivity index (χ1n) is 9.87. The average molecular weight is 428 g/mol. The van der Waals surface area contributed by atoms with Crippen molar-refractivity contribution in [1.29, 1.82) is 0 Å². The molecule has 1 saturated heterocycles. The fourth-order valence-corrected chi connectivity index (χ4v) is 3.19. The predicted molar refractivity (Wildman–Crippen MR) is 119 cm³/mol. The van der Waals surface area contributed by atoms with Gasteiger partial charge in [-0.3, -0.25) is 14.9 Å². The largest absolute Gasteiger partial charge is 0.497 e. The van der Waals surface area contributed by atoms with Crippen LogP contribution < -0.4 is 19.7 Å². The number of ether oxygens (including phenoxy) is 2. The molecule has 0 aromatic heterocycles. The molecule has 0 radical (unpaired) electrons. The second kappa shape index (κ2) is 9.18. The lowest BCUT2D eigenvalue weighted by molar-refractivity contribution is -0.122. The SMILES string of the molecule is COc1ccc(/C=C2\C(=O)NC(=O)N(c3ccc(OCc4ccccc4)cc3)C2=O)cc1. The van der Waals surface area contributed by atoms with E-state index < -0.39 is 17.8 Å². The lowest BCUT2D eigenvalue weighted by Crippen LogP contribution is -2.54. The van der Waals surface area contributed by atoms with E-state index in [0.29, 0.717) is 29.4 Å². The third-order valence-corrected chi connectivity index (χ3v) is 4.87. The van der Waals surface area contributed by atoms with E-state index in [4.69, 9.17) is 9.47 Å². The fourth-order valence-electron chi connectivity index (χ4n) is 3.19. The summed E-state index contributed by atoms with van der Waals surface area (Å²) in [5.74, 6) is -0.201. The smallest absolute Gasteiger partial charge is 0.335 e. The first-order valence-corrected chi connectivity index (χ1v) is 9.87. The van der Waals surface area contributed by atoms with Crippen molar-refractivity contribution < 1.29 is 23.9 Å². The molecule has 0 spiro atoms. The van der Waals surface area contributed by atoms with Crippen LogP contribution >= 0.6 is 0 Å². The average Bonchev–Trinajstić information content (AvgIpc) is 2.82. The summed E-state index contributed by atoms with van der Waals surface area (Å²) in [5.41, 5.74) is 1.84. The van der Waals surface area contributed by atoms with Crippen molar-refractivity contribution in [3.8, 4) is 11.5 Å². The number of hydrogen-bond acceptors (Lipinski definition) is 5. The molecule has 1 aliphatic heterocycles. The van der Waals surface area contributed by atoms with Gasteiger partial charge in [-0.25, -0.2) is 9.69 Å². The second-order valence-electron chi connectivity index (χ2n) is 7.00. The van der Waals surface area contributed by atoms with E-state index in [1.807, 2.05) is 30.3 Å². The Labute approximate surface area is 184 Å². The van der Waals surface area contributed by atoms with E-state index >= 15 is 0 Å². The molecule has 0 atom stereocenters. The van der Waals surface area contributed by atoms with Crippen molar-refractivity contribution >= 4 is 29.6 Å². The monoisotopic (exact) mass is 428 g/mol. The number of nitrogens with one attached hydrogen (secondary N) is 1. The number of barbiturate groups is 1. The summed E-state index contributed by atoms with van der Waals surface area (Å²) in [6.45, 7) is 0.395. The molecule has 7 heteroatoms. The summed E-state index contributed by atoms with van der Waals surface area (Å²) < 4.78 is 10.9. The van der Waals surface area contributed by atoms with Gasteiger partial charge < -0.3 is 9.47 Å². The highest BCUT2D eigenvalue weighted by Gasteiger charge is 2.36. The van der Waals surface area contributed by atoms with Crippen LogP contribution in [-0.2, 0) is 16.2 Å². The lowest BCUT2D eigenvalue weighted by atomic mass is 10.1. The van der Waals surface area contributed by atoms with Gasteiger partial charge in [0.25, 0.3) is 11.8 Å². The van der Waals surface area contributed by atoms with Gasteiger partial charge in [0.15, 0.2) is 0 Å². The van der Waals surface area contributed by atoms with E-state index in [1.165, 1.54) is 6.08 Å². The van der Waals surface area contributed by atoms with Crippen molar-refractivity contribution in [2.75, 3.05) is 12.0 Å². The number of imide groups is 2. The Bertz CT molecular complexity index is 1170. The summed E-state index contributed by atoms with van der Waals surface area (Å²) in [6.07, 6.45) is 1.44. The standard InChI is InChI=1S/C25H20N2O5/c1-31-20-11-7-17(8-12-20)15-22-23(28)26-25(30)27(24(22)29)19-9-13-21(14-10-19)32-16-18-5-3-2-4-6-18/h2-15H,16H2,1H3,(H,26,28,30)/b22-15+. The second-order valence-corrected chi connectivity index (χ2v) is 7.00. The quantitative estimate of drug-likeness (QED) is 0.475. The molecule has 0 unspecified atom stereocenters. The summed E-state index contributed by atoms with van der Waals surface area (Å²) in [7, 11) is 1.55. The third-order valence-electron chi connectivity index (χ3n) is 4.87. The highest BCUT2D eigenvalue weighted by Crippen LogP contribution is 2.25. The molecule has 7 nitrogen and oxygen atoms in total. The fraction of sp³-hybridized carbons (Fsp3) is 0.0800. The summed E-state index contributed by atoms with van der Waals surface area (Å²) in [4.78, 5) is 38.6. The summed E-state index contributed by atoms with van der Waals surface area (Å²) >= 11 is 0. The number of rotatable bonds is 6. The molecular formula is C25H20N2O5. The first kappa shape index (κ1) is 20.9. The van der Waals surface area contributed by atoms with Gasteiger partial charge in [-0.1, -0.05) is 42.5 Å². The van der Waals surface area contributed by atoms with E-state index in [-0.39, 0.29) is 5.57 Å². The molecule has 4 rings (SSSR count). The molecule has 1 fully saturated rings. The number of urea groups is 1.